The number of carbonyl (C=O) groups excluding carboxylic acids is 1. The Bertz CT molecular complexity index is 1260. The van der Waals surface area contributed by atoms with Gasteiger partial charge in [0.1, 0.15) is 23.4 Å². The van der Waals surface area contributed by atoms with Crippen LogP contribution in [0.2, 0.25) is 5.02 Å². The molecule has 0 spiro atoms. The second-order valence-corrected chi connectivity index (χ2v) is 9.98. The van der Waals surface area contributed by atoms with Crippen LogP contribution in [0.3, 0.4) is 0 Å². The zero-order valence-corrected chi connectivity index (χ0v) is 22.7. The highest BCUT2D eigenvalue weighted by Crippen LogP contribution is 2.26. The number of thiocarbonyl (C=S) groups is 1. The van der Waals surface area contributed by atoms with Crippen molar-refractivity contribution < 1.29 is 24.2 Å². The van der Waals surface area contributed by atoms with Gasteiger partial charge in [-0.3, -0.25) is 9.78 Å². The molecule has 1 saturated heterocycles. The molecule has 38 heavy (non-hydrogen) atoms. The molecule has 2 aliphatic heterocycles. The number of aromatic nitrogens is 1. The van der Waals surface area contributed by atoms with Crippen LogP contribution in [0.15, 0.2) is 47.9 Å². The van der Waals surface area contributed by atoms with Gasteiger partial charge >= 0.3 is 6.09 Å². The van der Waals surface area contributed by atoms with Crippen LogP contribution < -0.4 is 20.7 Å². The molecular weight excluding hydrogens is 530 g/mol. The molecular formula is C26H30ClN5O5S. The summed E-state index contributed by atoms with van der Waals surface area (Å²) in [6.07, 6.45) is 2.48. The largest absolute Gasteiger partial charge is 0.489 e. The van der Waals surface area contributed by atoms with E-state index in [9.17, 15) is 14.7 Å². The zero-order valence-electron chi connectivity index (χ0n) is 21.1. The number of carbonyl (C=O) groups is 2. The number of morpholine rings is 1. The average Bonchev–Trinajstić information content (AvgIpc) is 2.89. The number of halogens is 1. The van der Waals surface area contributed by atoms with Gasteiger partial charge in [0.2, 0.25) is 0 Å². The minimum atomic E-state index is -0.975. The minimum Gasteiger partial charge on any atom is -0.489 e. The monoisotopic (exact) mass is 559 g/mol. The first-order valence-corrected chi connectivity index (χ1v) is 13.0. The Morgan fingerprint density at radius 3 is 3.00 bits per heavy atom. The summed E-state index contributed by atoms with van der Waals surface area (Å²) < 4.78 is 11.6. The van der Waals surface area contributed by atoms with Crippen LogP contribution in [-0.2, 0) is 16.1 Å². The first-order valence-electron chi connectivity index (χ1n) is 12.2. The molecule has 2 amide bonds. The molecule has 0 bridgehead atoms. The lowest BCUT2D eigenvalue weighted by Crippen LogP contribution is -2.47. The summed E-state index contributed by atoms with van der Waals surface area (Å²) in [7, 11) is 0. The number of nitrogens with zero attached hydrogens (tertiary/aromatic N) is 2. The summed E-state index contributed by atoms with van der Waals surface area (Å²) >= 11 is 11.9. The van der Waals surface area contributed by atoms with Crippen molar-refractivity contribution in [2.45, 2.75) is 39.0 Å². The first-order chi connectivity index (χ1) is 18.2. The number of rotatable bonds is 8. The Morgan fingerprint density at radius 1 is 1.39 bits per heavy atom. The average molecular weight is 560 g/mol. The Labute approximate surface area is 231 Å². The minimum absolute atomic E-state index is 0.0711. The lowest BCUT2D eigenvalue weighted by molar-refractivity contribution is -0.118. The van der Waals surface area contributed by atoms with Crippen LogP contribution in [-0.4, -0.2) is 70.4 Å². The Balaban J connectivity index is 1.47. The summed E-state index contributed by atoms with van der Waals surface area (Å²) in [6.45, 7) is 5.26. The number of hydrogen-bond donors (Lipinski definition) is 4. The van der Waals surface area contributed by atoms with E-state index in [-0.39, 0.29) is 31.2 Å². The van der Waals surface area contributed by atoms with Crippen molar-refractivity contribution in [1.82, 2.24) is 20.5 Å². The van der Waals surface area contributed by atoms with Crippen molar-refractivity contribution >= 4 is 46.5 Å². The molecule has 12 heteroatoms. The van der Waals surface area contributed by atoms with Gasteiger partial charge in [0.15, 0.2) is 0 Å². The molecule has 2 aromatic rings. The van der Waals surface area contributed by atoms with E-state index in [1.165, 1.54) is 4.90 Å². The van der Waals surface area contributed by atoms with Crippen LogP contribution in [0.5, 0.6) is 5.75 Å². The van der Waals surface area contributed by atoms with Crippen LogP contribution in [0.25, 0.3) is 0 Å². The molecule has 1 aromatic carbocycles. The summed E-state index contributed by atoms with van der Waals surface area (Å²) in [4.78, 5) is 30.0. The molecule has 1 aromatic heterocycles. The third-order valence-electron chi connectivity index (χ3n) is 6.36. The molecule has 202 valence electrons. The fraction of sp³-hybridized carbons (Fsp3) is 0.385. The molecule has 3 heterocycles. The van der Waals surface area contributed by atoms with Gasteiger partial charge in [-0.2, -0.15) is 0 Å². The first kappa shape index (κ1) is 27.6. The van der Waals surface area contributed by atoms with Crippen molar-refractivity contribution in [1.29, 1.82) is 0 Å². The maximum atomic E-state index is 13.0. The lowest BCUT2D eigenvalue weighted by Gasteiger charge is -2.31. The number of carboxylic acid groups (broad SMARTS) is 1. The highest BCUT2D eigenvalue weighted by atomic mass is 35.5. The van der Waals surface area contributed by atoms with Crippen molar-refractivity contribution in [3.63, 3.8) is 0 Å². The van der Waals surface area contributed by atoms with Crippen LogP contribution in [0.1, 0.15) is 24.5 Å². The SMILES string of the molecule is Cc1c(Cl)cccc1NC(=S)C1=C(NCc2ccncc2OC[C@H]2CN(C(=O)O)CCO2)C[C@@H](C)NC1=O. The standard InChI is InChI=1S/C26H30ClN5O5S/c1-15-10-21(23(24(33)30-15)25(38)31-20-5-3-4-19(27)16(20)2)29-11-17-6-7-28-12-22(17)37-14-18-13-32(26(34)35)8-9-36-18/h3-7,12,15,18,29H,8-11,13-14H2,1-2H3,(H,30,33)(H,31,38)(H,34,35)/t15-,18-/m1/s1. The molecule has 0 aliphatic carbocycles. The van der Waals surface area contributed by atoms with Crippen LogP contribution >= 0.6 is 23.8 Å². The van der Waals surface area contributed by atoms with Gasteiger partial charge in [0.05, 0.1) is 24.9 Å². The Morgan fingerprint density at radius 2 is 2.21 bits per heavy atom. The molecule has 2 atom stereocenters. The van der Waals surface area contributed by atoms with Crippen molar-refractivity contribution in [3.05, 3.63) is 64.1 Å². The number of amides is 2. The fourth-order valence-electron chi connectivity index (χ4n) is 4.28. The van der Waals surface area contributed by atoms with Gasteiger partial charge < -0.3 is 35.4 Å². The molecule has 0 unspecified atom stereocenters. The topological polar surface area (TPSA) is 125 Å². The predicted molar refractivity (Wildman–Crippen MR) is 148 cm³/mol. The highest BCUT2D eigenvalue weighted by Gasteiger charge is 2.28. The highest BCUT2D eigenvalue weighted by molar-refractivity contribution is 7.81. The number of hydrogen-bond acceptors (Lipinski definition) is 7. The van der Waals surface area contributed by atoms with Gasteiger partial charge in [-0.05, 0) is 37.6 Å². The van der Waals surface area contributed by atoms with E-state index in [1.807, 2.05) is 32.0 Å². The van der Waals surface area contributed by atoms with E-state index in [0.717, 1.165) is 16.8 Å². The summed E-state index contributed by atoms with van der Waals surface area (Å²) in [5.74, 6) is 0.286. The van der Waals surface area contributed by atoms with Gasteiger partial charge in [-0.25, -0.2) is 4.79 Å². The van der Waals surface area contributed by atoms with Gasteiger partial charge in [0.25, 0.3) is 5.91 Å². The summed E-state index contributed by atoms with van der Waals surface area (Å²) in [5.41, 5.74) is 3.48. The fourth-order valence-corrected chi connectivity index (χ4v) is 4.78. The second kappa shape index (κ2) is 12.4. The van der Waals surface area contributed by atoms with Gasteiger partial charge in [0, 0.05) is 53.7 Å². The van der Waals surface area contributed by atoms with Crippen molar-refractivity contribution in [3.8, 4) is 5.75 Å². The van der Waals surface area contributed by atoms with Crippen LogP contribution in [0, 0.1) is 6.92 Å². The molecule has 10 nitrogen and oxygen atoms in total. The number of pyridine rings is 1. The summed E-state index contributed by atoms with van der Waals surface area (Å²) in [6, 6.07) is 7.23. The van der Waals surface area contributed by atoms with E-state index in [0.29, 0.717) is 53.1 Å². The third-order valence-corrected chi connectivity index (χ3v) is 7.07. The predicted octanol–water partition coefficient (Wildman–Crippen LogP) is 3.49. The maximum absolute atomic E-state index is 13.0. The summed E-state index contributed by atoms with van der Waals surface area (Å²) in [5, 5.41) is 19.3. The third kappa shape index (κ3) is 6.72. The molecule has 4 rings (SSSR count). The Hall–Kier alpha value is -3.41. The Kier molecular flexibility index (Phi) is 9.03. The molecule has 1 fully saturated rings. The molecule has 4 N–H and O–H groups in total. The van der Waals surface area contributed by atoms with E-state index in [1.54, 1.807) is 18.5 Å². The number of ether oxygens (including phenoxy) is 2. The number of nitrogens with one attached hydrogen (secondary N) is 3. The van der Waals surface area contributed by atoms with Gasteiger partial charge in [-0.15, -0.1) is 0 Å². The molecule has 0 radical (unpaired) electrons. The lowest BCUT2D eigenvalue weighted by atomic mass is 10.0. The van der Waals surface area contributed by atoms with Crippen LogP contribution in [0.4, 0.5) is 10.5 Å². The van der Waals surface area contributed by atoms with Crippen molar-refractivity contribution in [2.24, 2.45) is 0 Å². The molecule has 2 aliphatic rings. The van der Waals surface area contributed by atoms with E-state index < -0.39 is 6.09 Å². The van der Waals surface area contributed by atoms with E-state index >= 15 is 0 Å². The molecule has 0 saturated carbocycles. The van der Waals surface area contributed by atoms with Gasteiger partial charge in [-0.1, -0.05) is 29.9 Å². The normalized spacial score (nSPS) is 19.6. The quantitative estimate of drug-likeness (QED) is 0.360. The van der Waals surface area contributed by atoms with E-state index in [2.05, 4.69) is 20.9 Å². The zero-order chi connectivity index (χ0) is 27.2. The second-order valence-electron chi connectivity index (χ2n) is 9.17. The maximum Gasteiger partial charge on any atom is 0.407 e. The van der Waals surface area contributed by atoms with Crippen molar-refractivity contribution in [2.75, 3.05) is 31.6 Å². The number of anilines is 1. The smallest absolute Gasteiger partial charge is 0.407 e. The van der Waals surface area contributed by atoms with E-state index in [4.69, 9.17) is 33.3 Å². The number of benzene rings is 1.